The molecule has 150 valence electrons. The summed E-state index contributed by atoms with van der Waals surface area (Å²) in [7, 11) is 2.17. The van der Waals surface area contributed by atoms with E-state index < -0.39 is 0 Å². The summed E-state index contributed by atoms with van der Waals surface area (Å²) in [5, 5.41) is 11.2. The first kappa shape index (κ1) is 17.5. The summed E-state index contributed by atoms with van der Waals surface area (Å²) < 4.78 is 6.19. The average molecular weight is 403 g/mol. The van der Waals surface area contributed by atoms with Crippen LogP contribution >= 0.6 is 11.6 Å². The average Bonchev–Trinajstić information content (AvgIpc) is 3.10. The molecule has 0 radical (unpaired) electrons. The molecule has 5 fully saturated rings. The standard InChI is InChI=1S/C22H27ClN2O3/c1-3-11-12-8-15-19-22(13-6-4-5-7-14(13)24(19)2)9-16(25(15)21(11)27)18(12)20(22)28-17(26)10-23/h4-7,11-12,15-16,18-21,27H,3,8-10H2,1-2H3/t11-,12+,15-,16-,18-,19-,20-,21+,22+/m0/s1. The van der Waals surface area contributed by atoms with Crippen LogP contribution in [-0.4, -0.2) is 59.4 Å². The van der Waals surface area contributed by atoms with Gasteiger partial charge in [0.25, 0.3) is 0 Å². The Balaban J connectivity index is 1.57. The number of piperidine rings is 4. The van der Waals surface area contributed by atoms with Crippen molar-refractivity contribution in [3.8, 4) is 0 Å². The molecule has 1 spiro atoms. The van der Waals surface area contributed by atoms with E-state index in [0.717, 1.165) is 19.3 Å². The summed E-state index contributed by atoms with van der Waals surface area (Å²) in [6, 6.07) is 9.40. The van der Waals surface area contributed by atoms with Crippen LogP contribution in [0.2, 0.25) is 0 Å². The maximum Gasteiger partial charge on any atom is 0.321 e. The lowest BCUT2D eigenvalue weighted by atomic mass is 9.62. The van der Waals surface area contributed by atoms with E-state index in [1.54, 1.807) is 0 Å². The fourth-order valence-corrected chi connectivity index (χ4v) is 8.26. The second-order valence-corrected chi connectivity index (χ2v) is 9.67. The molecule has 0 amide bonds. The van der Waals surface area contributed by atoms with Crippen molar-refractivity contribution >= 4 is 23.3 Å². The fourth-order valence-electron chi connectivity index (χ4n) is 8.20. The van der Waals surface area contributed by atoms with Crippen LogP contribution in [0.4, 0.5) is 5.69 Å². The molecule has 1 aliphatic carbocycles. The van der Waals surface area contributed by atoms with Gasteiger partial charge < -0.3 is 14.7 Å². The monoisotopic (exact) mass is 402 g/mol. The zero-order valence-electron chi connectivity index (χ0n) is 16.3. The Labute approximate surface area is 170 Å². The summed E-state index contributed by atoms with van der Waals surface area (Å²) in [5.74, 6) is 0.510. The molecule has 10 atom stereocenters. The number of benzene rings is 1. The van der Waals surface area contributed by atoms with Crippen molar-refractivity contribution in [2.45, 2.75) is 62.1 Å². The Hall–Kier alpha value is -1.30. The van der Waals surface area contributed by atoms with Gasteiger partial charge in [-0.2, -0.15) is 0 Å². The lowest BCUT2D eigenvalue weighted by Crippen LogP contribution is -2.72. The topological polar surface area (TPSA) is 53.0 Å². The number of anilines is 1. The van der Waals surface area contributed by atoms with Crippen molar-refractivity contribution in [3.63, 3.8) is 0 Å². The third kappa shape index (κ3) is 1.76. The number of carbonyl (C=O) groups is 1. The normalized spacial score (nSPS) is 49.3. The summed E-state index contributed by atoms with van der Waals surface area (Å²) in [6.45, 7) is 2.17. The summed E-state index contributed by atoms with van der Waals surface area (Å²) in [4.78, 5) is 17.2. The Kier molecular flexibility index (Phi) is 3.54. The number of halogens is 1. The molecular weight excluding hydrogens is 376 g/mol. The number of likely N-dealkylation sites (N-methyl/N-ethyl adjacent to an activating group) is 1. The van der Waals surface area contributed by atoms with Crippen molar-refractivity contribution in [3.05, 3.63) is 29.8 Å². The first-order valence-corrected chi connectivity index (χ1v) is 11.1. The van der Waals surface area contributed by atoms with E-state index in [1.165, 1.54) is 11.3 Å². The maximum absolute atomic E-state index is 12.4. The Morgan fingerprint density at radius 1 is 1.36 bits per heavy atom. The number of ether oxygens (including phenoxy) is 1. The number of fused-ring (bicyclic) bond motifs is 2. The van der Waals surface area contributed by atoms with Gasteiger partial charge in [0.1, 0.15) is 18.2 Å². The minimum Gasteiger partial charge on any atom is -0.460 e. The summed E-state index contributed by atoms with van der Waals surface area (Å²) in [5.41, 5.74) is 2.36. The van der Waals surface area contributed by atoms with Crippen LogP contribution in [-0.2, 0) is 14.9 Å². The first-order chi connectivity index (χ1) is 13.5. The largest absolute Gasteiger partial charge is 0.460 e. The maximum atomic E-state index is 12.4. The van der Waals surface area contributed by atoms with Crippen LogP contribution in [0.5, 0.6) is 0 Å². The highest BCUT2D eigenvalue weighted by atomic mass is 35.5. The van der Waals surface area contributed by atoms with Crippen molar-refractivity contribution < 1.29 is 14.6 Å². The first-order valence-electron chi connectivity index (χ1n) is 10.6. The molecule has 5 aliphatic heterocycles. The van der Waals surface area contributed by atoms with E-state index in [-0.39, 0.29) is 53.5 Å². The molecule has 6 heteroatoms. The van der Waals surface area contributed by atoms with Crippen molar-refractivity contribution in [2.24, 2.45) is 17.8 Å². The van der Waals surface area contributed by atoms with Crippen LogP contribution in [0.25, 0.3) is 0 Å². The highest BCUT2D eigenvalue weighted by Crippen LogP contribution is 2.69. The number of esters is 1. The molecule has 6 aliphatic rings. The fraction of sp³-hybridized carbons (Fsp3) is 0.682. The van der Waals surface area contributed by atoms with Gasteiger partial charge in [0.15, 0.2) is 0 Å². The predicted molar refractivity (Wildman–Crippen MR) is 106 cm³/mol. The number of hydrogen-bond acceptors (Lipinski definition) is 5. The molecule has 5 bridgehead atoms. The summed E-state index contributed by atoms with van der Waals surface area (Å²) in [6.07, 6.45) is 2.44. The number of nitrogens with zero attached hydrogens (tertiary/aromatic N) is 2. The van der Waals surface area contributed by atoms with Crippen molar-refractivity contribution in [1.29, 1.82) is 0 Å². The van der Waals surface area contributed by atoms with Crippen LogP contribution in [0.15, 0.2) is 24.3 Å². The minimum absolute atomic E-state index is 0.107. The Morgan fingerprint density at radius 3 is 2.89 bits per heavy atom. The smallest absolute Gasteiger partial charge is 0.321 e. The van der Waals surface area contributed by atoms with Gasteiger partial charge in [-0.25, -0.2) is 0 Å². The highest BCUT2D eigenvalue weighted by Gasteiger charge is 2.77. The number of alkyl halides is 1. The lowest BCUT2D eigenvalue weighted by molar-refractivity contribution is -0.212. The highest BCUT2D eigenvalue weighted by molar-refractivity contribution is 6.26. The number of rotatable bonds is 3. The number of para-hydroxylation sites is 1. The molecule has 1 unspecified atom stereocenters. The van der Waals surface area contributed by atoms with Gasteiger partial charge in [0.05, 0.1) is 11.5 Å². The van der Waals surface area contributed by atoms with E-state index >= 15 is 0 Å². The zero-order valence-corrected chi connectivity index (χ0v) is 17.0. The lowest BCUT2D eigenvalue weighted by Gasteiger charge is -2.62. The molecule has 5 heterocycles. The second-order valence-electron chi connectivity index (χ2n) is 9.41. The predicted octanol–water partition coefficient (Wildman–Crippen LogP) is 2.34. The molecule has 0 aromatic heterocycles. The van der Waals surface area contributed by atoms with Gasteiger partial charge >= 0.3 is 5.97 Å². The van der Waals surface area contributed by atoms with Crippen molar-refractivity contribution in [1.82, 2.24) is 4.90 Å². The number of hydrogen-bond donors (Lipinski definition) is 1. The zero-order chi connectivity index (χ0) is 19.4. The third-order valence-electron chi connectivity index (χ3n) is 8.79. The minimum atomic E-state index is -0.382. The van der Waals surface area contributed by atoms with E-state index in [2.05, 4.69) is 48.0 Å². The van der Waals surface area contributed by atoms with Crippen molar-refractivity contribution in [2.75, 3.05) is 17.8 Å². The van der Waals surface area contributed by atoms with Crippen LogP contribution in [0, 0.1) is 17.8 Å². The number of aliphatic hydroxyl groups is 1. The molecule has 1 N–H and O–H groups in total. The number of carbonyl (C=O) groups excluding carboxylic acids is 1. The van der Waals surface area contributed by atoms with Gasteiger partial charge in [0, 0.05) is 36.7 Å². The van der Waals surface area contributed by atoms with E-state index in [4.69, 9.17) is 16.3 Å². The molecule has 1 saturated carbocycles. The van der Waals surface area contributed by atoms with E-state index in [0.29, 0.717) is 12.0 Å². The van der Waals surface area contributed by atoms with Gasteiger partial charge in [0.2, 0.25) is 0 Å². The van der Waals surface area contributed by atoms with E-state index in [1.807, 2.05) is 0 Å². The Morgan fingerprint density at radius 2 is 2.14 bits per heavy atom. The third-order valence-corrected chi connectivity index (χ3v) is 9.01. The van der Waals surface area contributed by atoms with Gasteiger partial charge in [-0.1, -0.05) is 25.1 Å². The quantitative estimate of drug-likeness (QED) is 0.621. The van der Waals surface area contributed by atoms with E-state index in [9.17, 15) is 9.90 Å². The van der Waals surface area contributed by atoms with Crippen LogP contribution in [0.1, 0.15) is 31.7 Å². The van der Waals surface area contributed by atoms with Gasteiger partial charge in [-0.15, -0.1) is 11.6 Å². The molecular formula is C22H27ClN2O3. The van der Waals surface area contributed by atoms with Gasteiger partial charge in [-0.3, -0.25) is 9.69 Å². The molecule has 1 aromatic carbocycles. The molecule has 28 heavy (non-hydrogen) atoms. The Bertz CT molecular complexity index is 849. The van der Waals surface area contributed by atoms with Gasteiger partial charge in [-0.05, 0) is 36.8 Å². The summed E-state index contributed by atoms with van der Waals surface area (Å²) >= 11 is 5.87. The molecule has 7 rings (SSSR count). The SMILES string of the molecule is CC[C@H]1[C@H]2C[C@H]3[C@@H]4N(C)c5ccccc5[C@]45C[C@@H]([C@H]2[C@@H]5OC(=O)CCl)N3[C@@H]1O. The molecule has 1 aromatic rings. The second kappa shape index (κ2) is 5.65. The molecule has 4 saturated heterocycles. The van der Waals surface area contributed by atoms with Crippen LogP contribution in [0.3, 0.4) is 0 Å². The van der Waals surface area contributed by atoms with Crippen LogP contribution < -0.4 is 4.90 Å². The number of aliphatic hydroxyl groups excluding tert-OH is 1. The molecule has 5 nitrogen and oxygen atoms in total.